The van der Waals surface area contributed by atoms with Crippen molar-refractivity contribution in [3.8, 4) is 11.5 Å². The minimum Gasteiger partial charge on any atom is -0.504 e. The minimum absolute atomic E-state index is 0.0236. The van der Waals surface area contributed by atoms with Gasteiger partial charge in [-0.25, -0.2) is 14.6 Å². The fourth-order valence-corrected chi connectivity index (χ4v) is 9.71. The highest BCUT2D eigenvalue weighted by molar-refractivity contribution is 8.00. The first-order valence-corrected chi connectivity index (χ1v) is 19.6. The molecule has 4 fully saturated rings. The Morgan fingerprint density at radius 2 is 1.77 bits per heavy atom. The summed E-state index contributed by atoms with van der Waals surface area (Å²) in [6.45, 7) is 4.33. The number of nitrogen functional groups attached to an aromatic ring is 1. The molecule has 0 unspecified atom stereocenters. The first-order valence-electron chi connectivity index (χ1n) is 17.4. The summed E-state index contributed by atoms with van der Waals surface area (Å²) in [5.41, 5.74) is 4.90. The maximum Gasteiger partial charge on any atom is 0.352 e. The van der Waals surface area contributed by atoms with E-state index in [2.05, 4.69) is 20.8 Å². The number of aliphatic carboxylic acids is 3. The van der Waals surface area contributed by atoms with Crippen molar-refractivity contribution < 1.29 is 68.4 Å². The SMILES string of the molecule is C[C@@H]1S[C@@H]2[C@H](NC(=O)/C(=N\O[C@@H](CC(=O)O)C(=O)O)c3csc(N)n3)C(=O)N2C(C(=O)O)=C1C[N+]12CCC(CNC(=O)C(=O)c3cc(O)c(O)c(Cl)c3)(CC1)CC2. The van der Waals surface area contributed by atoms with E-state index in [1.165, 1.54) is 17.1 Å². The topological polar surface area (TPSA) is 308 Å². The molecule has 3 amide bonds. The van der Waals surface area contributed by atoms with Crippen LogP contribution in [0.3, 0.4) is 0 Å². The molecule has 0 radical (unpaired) electrons. The van der Waals surface area contributed by atoms with E-state index in [0.29, 0.717) is 55.5 Å². The Hall–Kier alpha value is -5.45. The number of hydrogen-bond acceptors (Lipinski definition) is 15. The lowest BCUT2D eigenvalue weighted by molar-refractivity contribution is -0.941. The van der Waals surface area contributed by atoms with Gasteiger partial charge in [0.15, 0.2) is 22.3 Å². The Bertz CT molecular complexity index is 2090. The van der Waals surface area contributed by atoms with Crippen LogP contribution in [0.5, 0.6) is 11.5 Å². The largest absolute Gasteiger partial charge is 0.504 e. The third-order valence-corrected chi connectivity index (χ3v) is 13.2. The Morgan fingerprint density at radius 3 is 2.33 bits per heavy atom. The van der Waals surface area contributed by atoms with Crippen molar-refractivity contribution in [2.75, 3.05) is 38.5 Å². The zero-order chi connectivity index (χ0) is 41.6. The Balaban J connectivity index is 1.12. The van der Waals surface area contributed by atoms with Gasteiger partial charge in [-0.2, -0.15) is 0 Å². The van der Waals surface area contributed by atoms with Crippen molar-refractivity contribution in [2.45, 2.75) is 55.4 Å². The van der Waals surface area contributed by atoms with Crippen LogP contribution in [0.4, 0.5) is 5.13 Å². The van der Waals surface area contributed by atoms with Gasteiger partial charge in [0, 0.05) is 53.0 Å². The van der Waals surface area contributed by atoms with Crippen LogP contribution in [0, 0.1) is 5.41 Å². The Morgan fingerprint density at radius 1 is 1.11 bits per heavy atom. The van der Waals surface area contributed by atoms with Gasteiger partial charge in [0.2, 0.25) is 11.9 Å². The number of carbonyl (C=O) groups is 7. The Kier molecular flexibility index (Phi) is 11.4. The summed E-state index contributed by atoms with van der Waals surface area (Å²) < 4.78 is 0.555. The summed E-state index contributed by atoms with van der Waals surface area (Å²) in [5.74, 6) is -9.24. The highest BCUT2D eigenvalue weighted by Gasteiger charge is 2.58. The fourth-order valence-electron chi connectivity index (χ4n) is 7.50. The minimum atomic E-state index is -1.95. The number of carboxylic acid groups (broad SMARTS) is 3. The molecule has 7 rings (SSSR count). The van der Waals surface area contributed by atoms with Crippen LogP contribution >= 0.6 is 34.7 Å². The monoisotopic (exact) mass is 850 g/mol. The summed E-state index contributed by atoms with van der Waals surface area (Å²) in [6, 6.07) is 0.838. The molecule has 2 bridgehead atoms. The number of benzene rings is 1. The van der Waals surface area contributed by atoms with E-state index in [9.17, 15) is 54.0 Å². The number of thioether (sulfide) groups is 1. The number of hydrogen-bond donors (Lipinski definition) is 8. The molecular formula is C34H37ClN7O13S2+. The number of phenolic OH excluding ortho intramolecular Hbond substituents is 2. The van der Waals surface area contributed by atoms with Crippen molar-refractivity contribution in [1.82, 2.24) is 20.5 Å². The van der Waals surface area contributed by atoms with Crippen LogP contribution in [0.2, 0.25) is 5.02 Å². The molecule has 0 saturated carbocycles. The van der Waals surface area contributed by atoms with Gasteiger partial charge in [0.25, 0.3) is 17.7 Å². The van der Waals surface area contributed by atoms with Gasteiger partial charge >= 0.3 is 17.9 Å². The average Bonchev–Trinajstić information content (AvgIpc) is 3.60. The third-order valence-electron chi connectivity index (χ3n) is 10.8. The number of fused-ring (bicyclic) bond motifs is 4. The number of nitrogens with two attached hydrogens (primary N) is 1. The van der Waals surface area contributed by atoms with Crippen LogP contribution in [0.15, 0.2) is 33.9 Å². The molecule has 4 saturated heterocycles. The van der Waals surface area contributed by atoms with E-state index in [4.69, 9.17) is 27.3 Å². The lowest BCUT2D eigenvalue weighted by Gasteiger charge is -2.56. The summed E-state index contributed by atoms with van der Waals surface area (Å²) in [6.07, 6.45) is -0.907. The lowest BCUT2D eigenvalue weighted by atomic mass is 9.70. The highest BCUT2D eigenvalue weighted by Crippen LogP contribution is 2.48. The van der Waals surface area contributed by atoms with Gasteiger partial charge in [-0.3, -0.25) is 28.9 Å². The summed E-state index contributed by atoms with van der Waals surface area (Å²) >= 11 is 8.05. The number of β-lactam (4-membered cyclic amide) rings is 1. The zero-order valence-electron chi connectivity index (χ0n) is 30.0. The number of anilines is 1. The number of amides is 3. The standard InChI is InChI=1S/C34H36ClN7O13S2/c1-14-16(11-42-5-2-34(3-6-42,4-7-42)13-37-28(49)25(46)15-8-17(35)26(47)19(43)9-15)24(32(53)54)41-29(50)23(30(41)57-14)39-27(48)22(18-12-56-33(36)38-18)40-55-20(31(51)52)10-21(44)45/h8-9,12,14,20,23,30H,2-7,10-11,13H2,1H3,(H8-,36,37,38,39,40,43,44,45,46,47,48,49,51,52,53,54)/p+1/t14-,20-,23+,30+,34?,42?/m0/s1. The summed E-state index contributed by atoms with van der Waals surface area (Å²) in [7, 11) is 0. The Labute approximate surface area is 335 Å². The van der Waals surface area contributed by atoms with Gasteiger partial charge in [0.1, 0.15) is 29.4 Å². The number of aromatic hydroxyl groups is 2. The summed E-state index contributed by atoms with van der Waals surface area (Å²) in [5, 5.41) is 56.9. The fraction of sp³-hybridized carbons (Fsp3) is 0.441. The zero-order valence-corrected chi connectivity index (χ0v) is 32.4. The molecule has 4 atom stereocenters. The van der Waals surface area contributed by atoms with Crippen molar-refractivity contribution >= 4 is 87.0 Å². The molecular weight excluding hydrogens is 814 g/mol. The molecule has 0 aliphatic carbocycles. The average molecular weight is 851 g/mol. The van der Waals surface area contributed by atoms with Gasteiger partial charge in [0.05, 0.1) is 31.1 Å². The number of nitrogens with zero attached hydrogens (tertiary/aromatic N) is 4. The van der Waals surface area contributed by atoms with Crippen molar-refractivity contribution in [3.63, 3.8) is 0 Å². The summed E-state index contributed by atoms with van der Waals surface area (Å²) in [4.78, 5) is 98.1. The number of rotatable bonds is 15. The van der Waals surface area contributed by atoms with E-state index < -0.39 is 87.8 Å². The molecule has 57 heavy (non-hydrogen) atoms. The van der Waals surface area contributed by atoms with E-state index >= 15 is 0 Å². The molecule has 2 aromatic rings. The van der Waals surface area contributed by atoms with Gasteiger partial charge in [-0.1, -0.05) is 16.8 Å². The second-order valence-electron chi connectivity index (χ2n) is 14.3. The number of carboxylic acids is 3. The molecule has 1 aromatic carbocycles. The second-order valence-corrected chi connectivity index (χ2v) is 17.1. The predicted molar refractivity (Wildman–Crippen MR) is 200 cm³/mol. The number of Topliss-reactive ketones (excluding diaryl/α,β-unsaturated/α-hetero) is 1. The number of thiazole rings is 1. The second kappa shape index (κ2) is 15.8. The number of oxime groups is 1. The van der Waals surface area contributed by atoms with E-state index in [-0.39, 0.29) is 39.1 Å². The van der Waals surface area contributed by atoms with Crippen LogP contribution in [0.1, 0.15) is 48.7 Å². The molecule has 9 N–H and O–H groups in total. The maximum atomic E-state index is 13.6. The normalized spacial score (nSPS) is 25.9. The molecule has 20 nitrogen and oxygen atoms in total. The molecule has 0 spiro atoms. The number of nitrogens with one attached hydrogen (secondary N) is 2. The smallest absolute Gasteiger partial charge is 0.352 e. The van der Waals surface area contributed by atoms with E-state index in [1.807, 2.05) is 6.92 Å². The van der Waals surface area contributed by atoms with Gasteiger partial charge < -0.3 is 51.2 Å². The highest BCUT2D eigenvalue weighted by atomic mass is 35.5. The predicted octanol–water partition coefficient (Wildman–Crippen LogP) is 0.565. The molecule has 304 valence electrons. The number of ketones is 1. The van der Waals surface area contributed by atoms with E-state index in [1.54, 1.807) is 0 Å². The third kappa shape index (κ3) is 8.20. The van der Waals surface area contributed by atoms with Crippen LogP contribution in [-0.4, -0.2) is 143 Å². The van der Waals surface area contributed by atoms with Crippen LogP contribution in [-0.2, 0) is 33.6 Å². The number of carbonyl (C=O) groups excluding carboxylic acids is 4. The van der Waals surface area contributed by atoms with Crippen LogP contribution in [0.25, 0.3) is 0 Å². The molecule has 5 aliphatic heterocycles. The number of aromatic nitrogens is 1. The van der Waals surface area contributed by atoms with Crippen molar-refractivity contribution in [2.24, 2.45) is 10.6 Å². The first kappa shape index (κ1) is 41.2. The van der Waals surface area contributed by atoms with Gasteiger partial charge in [-0.05, 0) is 19.1 Å². The van der Waals surface area contributed by atoms with Crippen molar-refractivity contribution in [1.29, 1.82) is 0 Å². The number of piperidine rings is 3. The van der Waals surface area contributed by atoms with E-state index in [0.717, 1.165) is 28.4 Å². The molecule has 23 heteroatoms. The molecule has 6 heterocycles. The van der Waals surface area contributed by atoms with Crippen LogP contribution < -0.4 is 16.4 Å². The molecule has 5 aliphatic rings. The van der Waals surface area contributed by atoms with Crippen molar-refractivity contribution in [3.05, 3.63) is 45.1 Å². The number of phenols is 2. The van der Waals surface area contributed by atoms with Gasteiger partial charge in [-0.15, -0.1) is 23.1 Å². The first-order chi connectivity index (χ1) is 26.8. The maximum absolute atomic E-state index is 13.6. The number of halogens is 1. The molecule has 1 aromatic heterocycles. The lowest BCUT2D eigenvalue weighted by Crippen LogP contribution is -2.72. The number of quaternary nitrogens is 1. The quantitative estimate of drug-likeness (QED) is 0.0231.